The van der Waals surface area contributed by atoms with E-state index in [0.717, 1.165) is 25.9 Å². The van der Waals surface area contributed by atoms with Crippen LogP contribution in [-0.4, -0.2) is 34.2 Å². The van der Waals surface area contributed by atoms with E-state index in [2.05, 4.69) is 36.3 Å². The highest BCUT2D eigenvalue weighted by Gasteiger charge is 2.28. The first-order valence-corrected chi connectivity index (χ1v) is 7.30. The van der Waals surface area contributed by atoms with Crippen LogP contribution in [0.25, 0.3) is 0 Å². The fourth-order valence-electron chi connectivity index (χ4n) is 2.72. The van der Waals surface area contributed by atoms with E-state index >= 15 is 0 Å². The minimum atomic E-state index is -0.0694. The Balaban J connectivity index is 1.92. The summed E-state index contributed by atoms with van der Waals surface area (Å²) in [6.45, 7) is 8.49. The van der Waals surface area contributed by atoms with E-state index in [9.17, 15) is 4.79 Å². The lowest BCUT2D eigenvalue weighted by Gasteiger charge is -2.29. The van der Waals surface area contributed by atoms with Gasteiger partial charge in [0.1, 0.15) is 0 Å². The van der Waals surface area contributed by atoms with Crippen molar-refractivity contribution < 1.29 is 4.79 Å². The van der Waals surface area contributed by atoms with Crippen molar-refractivity contribution in [2.75, 3.05) is 18.4 Å². The predicted molar refractivity (Wildman–Crippen MR) is 79.4 cm³/mol. The molecular formula is C15H24N4O. The molecule has 1 N–H and O–H groups in total. The van der Waals surface area contributed by atoms with Gasteiger partial charge in [0.15, 0.2) is 5.82 Å². The van der Waals surface area contributed by atoms with Crippen LogP contribution in [0.1, 0.15) is 40.0 Å². The van der Waals surface area contributed by atoms with Gasteiger partial charge in [-0.1, -0.05) is 20.8 Å². The van der Waals surface area contributed by atoms with E-state index in [1.807, 2.05) is 4.90 Å². The Labute approximate surface area is 120 Å². The Morgan fingerprint density at radius 2 is 2.15 bits per heavy atom. The van der Waals surface area contributed by atoms with Crippen molar-refractivity contribution in [1.29, 1.82) is 0 Å². The van der Waals surface area contributed by atoms with Gasteiger partial charge in [-0.25, -0.2) is 4.79 Å². The summed E-state index contributed by atoms with van der Waals surface area (Å²) in [6.07, 6.45) is 4.92. The van der Waals surface area contributed by atoms with Crippen molar-refractivity contribution in [2.45, 2.75) is 40.0 Å². The highest BCUT2D eigenvalue weighted by atomic mass is 16.2. The molecule has 0 bridgehead atoms. The third-order valence-corrected chi connectivity index (χ3v) is 4.05. The highest BCUT2D eigenvalue weighted by Crippen LogP contribution is 2.34. The average Bonchev–Trinajstić information content (AvgIpc) is 2.65. The van der Waals surface area contributed by atoms with E-state index in [1.54, 1.807) is 18.3 Å². The maximum Gasteiger partial charge on any atom is 0.323 e. The first kappa shape index (κ1) is 14.8. The molecule has 20 heavy (non-hydrogen) atoms. The fourth-order valence-corrected chi connectivity index (χ4v) is 2.72. The van der Waals surface area contributed by atoms with Crippen molar-refractivity contribution in [3.8, 4) is 0 Å². The van der Waals surface area contributed by atoms with Gasteiger partial charge in [0, 0.05) is 19.3 Å². The highest BCUT2D eigenvalue weighted by molar-refractivity contribution is 5.88. The second-order valence-electron chi connectivity index (χ2n) is 6.52. The van der Waals surface area contributed by atoms with Gasteiger partial charge in [0.05, 0.1) is 0 Å². The zero-order valence-corrected chi connectivity index (χ0v) is 12.6. The van der Waals surface area contributed by atoms with Gasteiger partial charge in [-0.3, -0.25) is 5.32 Å². The average molecular weight is 276 g/mol. The van der Waals surface area contributed by atoms with Gasteiger partial charge in [0.2, 0.25) is 0 Å². The number of hydrogen-bond acceptors (Lipinski definition) is 3. The molecule has 0 saturated carbocycles. The molecule has 5 heteroatoms. The Morgan fingerprint density at radius 3 is 2.80 bits per heavy atom. The predicted octanol–water partition coefficient (Wildman–Crippen LogP) is 3.16. The largest absolute Gasteiger partial charge is 0.324 e. The number of urea groups is 1. The van der Waals surface area contributed by atoms with E-state index < -0.39 is 0 Å². The molecule has 2 heterocycles. The van der Waals surface area contributed by atoms with Crippen LogP contribution in [0.2, 0.25) is 0 Å². The minimum Gasteiger partial charge on any atom is -0.324 e. The maximum absolute atomic E-state index is 12.2. The number of hydrogen-bond donors (Lipinski definition) is 1. The monoisotopic (exact) mass is 276 g/mol. The molecule has 1 aromatic rings. The van der Waals surface area contributed by atoms with Gasteiger partial charge in [-0.15, -0.1) is 5.10 Å². The van der Waals surface area contributed by atoms with Crippen LogP contribution < -0.4 is 5.32 Å². The molecule has 5 nitrogen and oxygen atoms in total. The zero-order valence-electron chi connectivity index (χ0n) is 12.6. The van der Waals surface area contributed by atoms with Crippen LogP contribution in [0.15, 0.2) is 18.3 Å². The number of aromatic nitrogens is 2. The van der Waals surface area contributed by atoms with Gasteiger partial charge in [-0.05, 0) is 42.7 Å². The standard InChI is InChI=1S/C15H24N4O/c1-15(2,3)12-6-5-10-19(11-8-12)14(20)17-13-7-4-9-16-18-13/h4,7,9,12H,5-6,8,10-11H2,1-3H3,(H,17,18,20)/t12-/m0/s1. The number of nitrogens with one attached hydrogen (secondary N) is 1. The third-order valence-electron chi connectivity index (χ3n) is 4.05. The van der Waals surface area contributed by atoms with Crippen molar-refractivity contribution in [3.63, 3.8) is 0 Å². The quantitative estimate of drug-likeness (QED) is 0.857. The molecule has 0 radical (unpaired) electrons. The first-order valence-electron chi connectivity index (χ1n) is 7.30. The minimum absolute atomic E-state index is 0.0694. The molecule has 110 valence electrons. The SMILES string of the molecule is CC(C)(C)[C@H]1CCCN(C(=O)Nc2cccnn2)CC1. The number of amides is 2. The van der Waals surface area contributed by atoms with E-state index in [1.165, 1.54) is 6.42 Å². The summed E-state index contributed by atoms with van der Waals surface area (Å²) in [6, 6.07) is 3.45. The van der Waals surface area contributed by atoms with Crippen LogP contribution in [0.4, 0.5) is 10.6 Å². The Bertz CT molecular complexity index is 441. The van der Waals surface area contributed by atoms with Crippen LogP contribution in [-0.2, 0) is 0 Å². The number of nitrogens with zero attached hydrogens (tertiary/aromatic N) is 3. The molecule has 1 fully saturated rings. The molecule has 1 saturated heterocycles. The summed E-state index contributed by atoms with van der Waals surface area (Å²) in [5.74, 6) is 1.19. The summed E-state index contributed by atoms with van der Waals surface area (Å²) in [4.78, 5) is 14.1. The molecule has 2 amide bonds. The summed E-state index contributed by atoms with van der Waals surface area (Å²) in [5.41, 5.74) is 0.317. The molecule has 0 aromatic carbocycles. The van der Waals surface area contributed by atoms with Gasteiger partial charge in [-0.2, -0.15) is 5.10 Å². The molecule has 0 unspecified atom stereocenters. The van der Waals surface area contributed by atoms with Gasteiger partial charge < -0.3 is 4.90 Å². The number of carbonyl (C=O) groups is 1. The maximum atomic E-state index is 12.2. The molecule has 1 aromatic heterocycles. The molecule has 1 aliphatic rings. The Morgan fingerprint density at radius 1 is 1.35 bits per heavy atom. The summed E-state index contributed by atoms with van der Waals surface area (Å²) < 4.78 is 0. The van der Waals surface area contributed by atoms with Crippen LogP contribution in [0, 0.1) is 11.3 Å². The number of rotatable bonds is 1. The molecular weight excluding hydrogens is 252 g/mol. The summed E-state index contributed by atoms with van der Waals surface area (Å²) in [7, 11) is 0. The number of likely N-dealkylation sites (tertiary alicyclic amines) is 1. The lowest BCUT2D eigenvalue weighted by molar-refractivity contribution is 0.200. The number of carbonyl (C=O) groups excluding carboxylic acids is 1. The normalized spacial score (nSPS) is 20.4. The molecule has 0 aliphatic carbocycles. The van der Waals surface area contributed by atoms with Crippen LogP contribution >= 0.6 is 0 Å². The van der Waals surface area contributed by atoms with Crippen molar-refractivity contribution in [1.82, 2.24) is 15.1 Å². The fraction of sp³-hybridized carbons (Fsp3) is 0.667. The number of anilines is 1. The first-order chi connectivity index (χ1) is 9.47. The van der Waals surface area contributed by atoms with Crippen LogP contribution in [0.3, 0.4) is 0 Å². The second-order valence-corrected chi connectivity index (χ2v) is 6.52. The topological polar surface area (TPSA) is 58.1 Å². The van der Waals surface area contributed by atoms with Crippen LogP contribution in [0.5, 0.6) is 0 Å². The summed E-state index contributed by atoms with van der Waals surface area (Å²) in [5, 5.41) is 10.5. The van der Waals surface area contributed by atoms with Crippen molar-refractivity contribution in [3.05, 3.63) is 18.3 Å². The Kier molecular flexibility index (Phi) is 4.57. The van der Waals surface area contributed by atoms with Gasteiger partial charge in [0.25, 0.3) is 0 Å². The summed E-state index contributed by atoms with van der Waals surface area (Å²) >= 11 is 0. The van der Waals surface area contributed by atoms with E-state index in [0.29, 0.717) is 17.2 Å². The molecule has 1 aliphatic heterocycles. The van der Waals surface area contributed by atoms with Crippen molar-refractivity contribution >= 4 is 11.8 Å². The lowest BCUT2D eigenvalue weighted by atomic mass is 9.77. The lowest BCUT2D eigenvalue weighted by Crippen LogP contribution is -2.36. The molecule has 1 atom stereocenters. The smallest absolute Gasteiger partial charge is 0.323 e. The Hall–Kier alpha value is -1.65. The zero-order chi connectivity index (χ0) is 14.6. The van der Waals surface area contributed by atoms with E-state index in [-0.39, 0.29) is 6.03 Å². The van der Waals surface area contributed by atoms with E-state index in [4.69, 9.17) is 0 Å². The van der Waals surface area contributed by atoms with Gasteiger partial charge >= 0.3 is 6.03 Å². The molecule has 0 spiro atoms. The van der Waals surface area contributed by atoms with Crippen molar-refractivity contribution in [2.24, 2.45) is 11.3 Å². The third kappa shape index (κ3) is 3.92. The second kappa shape index (κ2) is 6.20. The molecule has 2 rings (SSSR count).